The molecule has 0 aliphatic carbocycles. The van der Waals surface area contributed by atoms with Gasteiger partial charge in [-0.15, -0.1) is 0 Å². The molecular weight excluding hydrogens is 1280 g/mol. The molecule has 0 amide bonds. The second-order valence-corrected chi connectivity index (χ2v) is 29.6. The lowest BCUT2D eigenvalue weighted by Crippen LogP contribution is -2.20. The summed E-state index contributed by atoms with van der Waals surface area (Å²) in [4.78, 5) is 3.25. The predicted molar refractivity (Wildman–Crippen MR) is 453 cm³/mol. The first-order chi connectivity index (χ1) is 61.5. The molecule has 0 spiro atoms. The standard InChI is InChI=1S/C102H86N4/c1-100(2,3)77-60-84(103(80-46-32-48-82(66-80)105-94-54-26-22-50-86(94)87-51-23-27-55-95(87)105)98-90(71-38-18-12-19-39-71)62-78(101(4,5)6)63-91(98)72-40-20-13-21-41-72)68-85(61-77)104(81-47-33-49-83(67-81)106-96-56-28-24-52-88(96)89-53-25-29-57-97(89)106)99-92(75-44-30-42-73(58-75)69-34-14-10-15-35-69)64-79(102(7,8)9)65-93(99)76-45-31-43-74(59-76)70-36-16-11-17-37-70/h10-68H,1-9H3/i22D,23D,24D,25D,26D,27D,28D,29D,32D,33D,46D,47D,48D,49D,50D,51D,52D,53D,54D,55D,56D,57D,66D,67D. The van der Waals surface area contributed by atoms with Crippen LogP contribution in [0.2, 0.25) is 0 Å². The van der Waals surface area contributed by atoms with Crippen molar-refractivity contribution >= 4 is 77.7 Å². The van der Waals surface area contributed by atoms with Crippen LogP contribution in [0.5, 0.6) is 0 Å². The molecule has 15 aromatic carbocycles. The van der Waals surface area contributed by atoms with E-state index in [0.29, 0.717) is 50.1 Å². The number of anilines is 6. The topological polar surface area (TPSA) is 16.3 Å². The fourth-order valence-electron chi connectivity index (χ4n) is 14.1. The van der Waals surface area contributed by atoms with Crippen molar-refractivity contribution in [3.05, 3.63) is 374 Å². The molecule has 17 rings (SSSR count). The van der Waals surface area contributed by atoms with E-state index in [9.17, 15) is 27.4 Å². The number of hydrogen-bond donors (Lipinski definition) is 0. The second-order valence-electron chi connectivity index (χ2n) is 29.6. The molecule has 0 saturated carbocycles. The van der Waals surface area contributed by atoms with E-state index in [2.05, 4.69) is 41.5 Å². The lowest BCUT2D eigenvalue weighted by atomic mass is 9.81. The third-order valence-corrected chi connectivity index (χ3v) is 19.6. The van der Waals surface area contributed by atoms with Crippen LogP contribution in [0.25, 0.3) is 122 Å². The molecule has 4 nitrogen and oxygen atoms in total. The lowest BCUT2D eigenvalue weighted by molar-refractivity contribution is 0.590. The van der Waals surface area contributed by atoms with Crippen molar-refractivity contribution in [2.45, 2.75) is 78.6 Å². The smallest absolute Gasteiger partial charge is 0.0667 e. The van der Waals surface area contributed by atoms with Crippen molar-refractivity contribution < 1.29 is 32.9 Å². The highest BCUT2D eigenvalue weighted by molar-refractivity contribution is 6.11. The Morgan fingerprint density at radius 2 is 0.528 bits per heavy atom. The minimum absolute atomic E-state index is 0.0396. The largest absolute Gasteiger partial charge is 0.309 e. The van der Waals surface area contributed by atoms with Gasteiger partial charge in [0.2, 0.25) is 0 Å². The van der Waals surface area contributed by atoms with Crippen molar-refractivity contribution in [3.63, 3.8) is 0 Å². The molecule has 0 atom stereocenters. The molecule has 514 valence electrons. The van der Waals surface area contributed by atoms with Gasteiger partial charge in [0.25, 0.3) is 0 Å². The van der Waals surface area contributed by atoms with Gasteiger partial charge in [-0.05, 0) is 192 Å². The predicted octanol–water partition coefficient (Wildman–Crippen LogP) is 28.7. The minimum atomic E-state index is -1.06. The van der Waals surface area contributed by atoms with E-state index in [1.54, 1.807) is 15.9 Å². The van der Waals surface area contributed by atoms with Gasteiger partial charge in [0.1, 0.15) is 0 Å². The van der Waals surface area contributed by atoms with Crippen LogP contribution in [0.3, 0.4) is 0 Å². The Bertz CT molecular complexity index is 7320. The van der Waals surface area contributed by atoms with E-state index in [-0.39, 0.29) is 44.3 Å². The Morgan fingerprint density at radius 1 is 0.245 bits per heavy atom. The molecule has 2 aromatic heterocycles. The number of para-hydroxylation sites is 4. The molecule has 0 saturated heterocycles. The number of aromatic nitrogens is 2. The van der Waals surface area contributed by atoms with Gasteiger partial charge in [0.15, 0.2) is 0 Å². The van der Waals surface area contributed by atoms with Gasteiger partial charge >= 0.3 is 0 Å². The second kappa shape index (κ2) is 27.0. The lowest BCUT2D eigenvalue weighted by Gasteiger charge is -2.36. The van der Waals surface area contributed by atoms with Crippen LogP contribution in [0, 0.1) is 0 Å². The molecule has 0 N–H and O–H groups in total. The van der Waals surface area contributed by atoms with E-state index >= 15 is 0 Å². The first kappa shape index (κ1) is 44.9. The van der Waals surface area contributed by atoms with E-state index < -0.39 is 206 Å². The first-order valence-electron chi connectivity index (χ1n) is 47.3. The summed E-state index contributed by atoms with van der Waals surface area (Å²) in [6.07, 6.45) is 0. The Balaban J connectivity index is 1.14. The normalized spacial score (nSPS) is 15.2. The third kappa shape index (κ3) is 12.4. The van der Waals surface area contributed by atoms with Crippen molar-refractivity contribution in [1.82, 2.24) is 9.13 Å². The quantitative estimate of drug-likeness (QED) is 0.108. The summed E-state index contributed by atoms with van der Waals surface area (Å²) < 4.78 is 240. The zero-order chi connectivity index (χ0) is 93.3. The summed E-state index contributed by atoms with van der Waals surface area (Å²) in [5, 5.41) is -1.55. The number of fused-ring (bicyclic) bond motifs is 6. The maximum atomic E-state index is 11.6. The number of rotatable bonds is 14. The van der Waals surface area contributed by atoms with Gasteiger partial charge in [0.05, 0.1) is 66.3 Å². The Hall–Kier alpha value is -12.5. The Morgan fingerprint density at radius 3 is 0.858 bits per heavy atom. The fourth-order valence-corrected chi connectivity index (χ4v) is 14.1. The maximum Gasteiger partial charge on any atom is 0.0667 e. The van der Waals surface area contributed by atoms with Gasteiger partial charge in [0, 0.05) is 77.9 Å². The fraction of sp³-hybridized carbons (Fsp3) is 0.118. The highest BCUT2D eigenvalue weighted by Gasteiger charge is 2.33. The van der Waals surface area contributed by atoms with E-state index in [0.717, 1.165) is 42.5 Å². The zero-order valence-corrected chi connectivity index (χ0v) is 60.0. The number of benzene rings is 15. The summed E-state index contributed by atoms with van der Waals surface area (Å²) in [5.74, 6) is 0. The molecule has 4 heteroatoms. The van der Waals surface area contributed by atoms with E-state index in [1.165, 1.54) is 0 Å². The van der Waals surface area contributed by atoms with Gasteiger partial charge in [-0.3, -0.25) is 0 Å². The summed E-state index contributed by atoms with van der Waals surface area (Å²) in [6.45, 7) is 18.2. The van der Waals surface area contributed by atoms with Gasteiger partial charge in [-0.25, -0.2) is 0 Å². The Kier molecular flexibility index (Phi) is 11.4. The molecule has 0 bridgehead atoms. The van der Waals surface area contributed by atoms with Crippen LogP contribution in [0.15, 0.2) is 357 Å². The van der Waals surface area contributed by atoms with E-state index in [1.807, 2.05) is 227 Å². The monoisotopic (exact) mass is 1390 g/mol. The molecule has 0 aliphatic heterocycles. The van der Waals surface area contributed by atoms with Gasteiger partial charge in [-0.1, -0.05) is 305 Å². The summed E-state index contributed by atoms with van der Waals surface area (Å²) in [5.41, 5.74) is 3.37. The van der Waals surface area contributed by atoms with E-state index in [4.69, 9.17) is 5.48 Å². The Labute approximate surface area is 657 Å². The zero-order valence-electron chi connectivity index (χ0n) is 84.0. The maximum absolute atomic E-state index is 11.6. The van der Waals surface area contributed by atoms with Crippen LogP contribution >= 0.6 is 0 Å². The van der Waals surface area contributed by atoms with Crippen molar-refractivity contribution in [1.29, 1.82) is 0 Å². The summed E-state index contributed by atoms with van der Waals surface area (Å²) >= 11 is 0. The summed E-state index contributed by atoms with van der Waals surface area (Å²) in [7, 11) is 0. The number of nitrogens with zero attached hydrogens (tertiary/aromatic N) is 4. The molecule has 0 aliphatic rings. The first-order valence-corrected chi connectivity index (χ1v) is 35.3. The minimum Gasteiger partial charge on any atom is -0.309 e. The average Bonchev–Trinajstić information content (AvgIpc) is 1.47. The average molecular weight is 1390 g/mol. The van der Waals surface area contributed by atoms with Crippen LogP contribution in [-0.2, 0) is 16.2 Å². The molecule has 17 aromatic rings. The van der Waals surface area contributed by atoms with Gasteiger partial charge < -0.3 is 18.9 Å². The number of hydrogen-bond acceptors (Lipinski definition) is 2. The SMILES string of the molecule is [2H]c1c([2H])c(N(c2cc(N(c3c(-c4cccc(-c5ccccc5)c4)cc(C(C)(C)C)cc3-c3cccc(-c4ccccc4)c3)c3c([2H])c([2H])c([2H])c(-n4c5c([2H])c([2H])c([2H])c([2H])c5c5c([2H])c([2H])c([2H])c([2H])c54)c3[2H])cc(C(C)(C)C)c2)c2c(-c3ccccc3)cc(C(C)(C)C)cc2-c2ccccc2)c([2H])c(-n2c3c([2H])c([2H])c([2H])c([2H])c3c3c([2H])c([2H])c([2H])c([2H])c32)c1[2H]. The van der Waals surface area contributed by atoms with Crippen molar-refractivity contribution in [2.75, 3.05) is 9.80 Å². The van der Waals surface area contributed by atoms with Crippen LogP contribution < -0.4 is 9.80 Å². The third-order valence-electron chi connectivity index (χ3n) is 19.6. The van der Waals surface area contributed by atoms with Crippen LogP contribution in [0.4, 0.5) is 34.1 Å². The van der Waals surface area contributed by atoms with Crippen LogP contribution in [0.1, 0.15) is 112 Å². The van der Waals surface area contributed by atoms with Gasteiger partial charge in [-0.2, -0.15) is 0 Å². The molecule has 0 unspecified atom stereocenters. The molecule has 0 radical (unpaired) electrons. The highest BCUT2D eigenvalue weighted by Crippen LogP contribution is 2.55. The molecule has 2 heterocycles. The van der Waals surface area contributed by atoms with Crippen LogP contribution in [-0.4, -0.2) is 9.13 Å². The molecule has 106 heavy (non-hydrogen) atoms. The van der Waals surface area contributed by atoms with Crippen molar-refractivity contribution in [3.8, 4) is 78.1 Å². The molecule has 0 fully saturated rings. The van der Waals surface area contributed by atoms with Crippen molar-refractivity contribution in [2.24, 2.45) is 0 Å². The summed E-state index contributed by atoms with van der Waals surface area (Å²) in [6, 6.07) is 48.4. The molecular formula is C102H86N4. The highest BCUT2D eigenvalue weighted by atomic mass is 15.2.